The minimum atomic E-state index is -1.22. The molecule has 0 unspecified atom stereocenters. The van der Waals surface area contributed by atoms with E-state index in [0.717, 1.165) is 23.2 Å². The number of piperidine rings is 1. The number of nitrogens with zero attached hydrogens (tertiary/aromatic N) is 1. The molecule has 0 spiro atoms. The molecule has 0 aliphatic carbocycles. The predicted molar refractivity (Wildman–Crippen MR) is 106 cm³/mol. The average molecular weight is 392 g/mol. The number of aryl methyl sites for hydroxylation is 2. The molecule has 0 radical (unpaired) electrons. The number of Topliss-reactive ketones (excluding diaryl/α,β-unsaturated/α-hetero) is 1. The lowest BCUT2D eigenvalue weighted by Gasteiger charge is -2.43. The summed E-state index contributed by atoms with van der Waals surface area (Å²) in [5.74, 6) is -0.617. The van der Waals surface area contributed by atoms with Gasteiger partial charge in [0.05, 0.1) is 5.92 Å². The maximum atomic E-state index is 13.3. The standard InChI is InChI=1S/C21H23Cl2NO2/c1-13-10-15(4-6-18(13)22)20(25)17-12-24(3)9-8-21(17,26)16-5-7-19(23)14(2)11-16/h4-7,10-11,17,26H,8-9,12H2,1-3H3/t17-,21+/m0/s1. The number of carbonyl (C=O) groups excluding carboxylic acids is 1. The number of carbonyl (C=O) groups is 1. The highest BCUT2D eigenvalue weighted by Gasteiger charge is 2.46. The Morgan fingerprint density at radius 1 is 1.12 bits per heavy atom. The number of benzene rings is 2. The lowest BCUT2D eigenvalue weighted by atomic mass is 9.72. The first-order chi connectivity index (χ1) is 12.2. The first-order valence-corrected chi connectivity index (χ1v) is 9.46. The van der Waals surface area contributed by atoms with Crippen molar-refractivity contribution in [2.75, 3.05) is 20.1 Å². The predicted octanol–water partition coefficient (Wildman–Crippen LogP) is 4.63. The van der Waals surface area contributed by atoms with Crippen LogP contribution in [0.15, 0.2) is 36.4 Å². The second-order valence-corrected chi connectivity index (χ2v) is 8.10. The van der Waals surface area contributed by atoms with Gasteiger partial charge in [0.2, 0.25) is 0 Å². The molecule has 0 aromatic heterocycles. The van der Waals surface area contributed by atoms with Crippen LogP contribution in [-0.2, 0) is 5.60 Å². The molecular formula is C21H23Cl2NO2. The number of rotatable bonds is 3. The van der Waals surface area contributed by atoms with E-state index in [-0.39, 0.29) is 5.78 Å². The van der Waals surface area contributed by atoms with E-state index in [0.29, 0.717) is 28.6 Å². The average Bonchev–Trinajstić information content (AvgIpc) is 2.61. The third kappa shape index (κ3) is 3.54. The second-order valence-electron chi connectivity index (χ2n) is 7.28. The summed E-state index contributed by atoms with van der Waals surface area (Å²) in [5.41, 5.74) is 1.86. The van der Waals surface area contributed by atoms with Crippen LogP contribution in [-0.4, -0.2) is 35.9 Å². The summed E-state index contributed by atoms with van der Waals surface area (Å²) in [7, 11) is 1.97. The van der Waals surface area contributed by atoms with Crippen molar-refractivity contribution in [2.45, 2.75) is 25.9 Å². The van der Waals surface area contributed by atoms with Gasteiger partial charge in [-0.2, -0.15) is 0 Å². The van der Waals surface area contributed by atoms with E-state index in [4.69, 9.17) is 23.2 Å². The van der Waals surface area contributed by atoms with Crippen molar-refractivity contribution in [3.63, 3.8) is 0 Å². The van der Waals surface area contributed by atoms with Crippen LogP contribution in [0, 0.1) is 19.8 Å². The monoisotopic (exact) mass is 391 g/mol. The van der Waals surface area contributed by atoms with E-state index < -0.39 is 11.5 Å². The van der Waals surface area contributed by atoms with E-state index in [1.165, 1.54) is 0 Å². The van der Waals surface area contributed by atoms with Gasteiger partial charge in [-0.15, -0.1) is 0 Å². The maximum absolute atomic E-state index is 13.3. The van der Waals surface area contributed by atoms with Crippen molar-refractivity contribution in [2.24, 2.45) is 5.92 Å². The van der Waals surface area contributed by atoms with Gasteiger partial charge >= 0.3 is 0 Å². The van der Waals surface area contributed by atoms with Crippen LogP contribution in [0.2, 0.25) is 10.0 Å². The number of hydrogen-bond donors (Lipinski definition) is 1. The Kier molecular flexibility index (Phi) is 5.45. The molecular weight excluding hydrogens is 369 g/mol. The fourth-order valence-corrected chi connectivity index (χ4v) is 3.88. The summed E-state index contributed by atoms with van der Waals surface area (Å²) < 4.78 is 0. The number of halogens is 2. The van der Waals surface area contributed by atoms with Gasteiger partial charge in [0.25, 0.3) is 0 Å². The maximum Gasteiger partial charge on any atom is 0.170 e. The molecule has 1 saturated heterocycles. The summed E-state index contributed by atoms with van der Waals surface area (Å²) in [5, 5.41) is 12.9. The second kappa shape index (κ2) is 7.32. The molecule has 3 rings (SSSR count). The minimum Gasteiger partial charge on any atom is -0.384 e. The van der Waals surface area contributed by atoms with E-state index in [1.54, 1.807) is 24.3 Å². The number of hydrogen-bond acceptors (Lipinski definition) is 3. The van der Waals surface area contributed by atoms with E-state index in [1.807, 2.05) is 33.0 Å². The number of likely N-dealkylation sites (tertiary alicyclic amines) is 1. The lowest BCUT2D eigenvalue weighted by Crippen LogP contribution is -2.52. The molecule has 3 nitrogen and oxygen atoms in total. The van der Waals surface area contributed by atoms with Gasteiger partial charge in [-0.05, 0) is 68.3 Å². The smallest absolute Gasteiger partial charge is 0.170 e. The third-order valence-corrected chi connectivity index (χ3v) is 6.21. The molecule has 5 heteroatoms. The Bertz CT molecular complexity index is 852. The van der Waals surface area contributed by atoms with Crippen LogP contribution in [0.3, 0.4) is 0 Å². The minimum absolute atomic E-state index is 0.0635. The fourth-order valence-electron chi connectivity index (χ4n) is 3.65. The van der Waals surface area contributed by atoms with Gasteiger partial charge < -0.3 is 10.0 Å². The molecule has 2 atom stereocenters. The zero-order valence-corrected chi connectivity index (χ0v) is 16.7. The molecule has 26 heavy (non-hydrogen) atoms. The molecule has 1 aliphatic heterocycles. The molecule has 2 aromatic carbocycles. The van der Waals surface area contributed by atoms with Gasteiger partial charge in [-0.25, -0.2) is 0 Å². The quantitative estimate of drug-likeness (QED) is 0.775. The largest absolute Gasteiger partial charge is 0.384 e. The summed E-state index contributed by atoms with van der Waals surface area (Å²) >= 11 is 12.2. The van der Waals surface area contributed by atoms with Crippen molar-refractivity contribution in [1.82, 2.24) is 4.90 Å². The molecule has 0 bridgehead atoms. The normalized spacial score (nSPS) is 23.8. The molecule has 138 valence electrons. The first-order valence-electron chi connectivity index (χ1n) is 8.70. The van der Waals surface area contributed by atoms with E-state index >= 15 is 0 Å². The highest BCUT2D eigenvalue weighted by Crippen LogP contribution is 2.40. The van der Waals surface area contributed by atoms with Crippen molar-refractivity contribution in [1.29, 1.82) is 0 Å². The van der Waals surface area contributed by atoms with Crippen LogP contribution >= 0.6 is 23.2 Å². The first kappa shape index (κ1) is 19.4. The summed E-state index contributed by atoms with van der Waals surface area (Å²) in [6.07, 6.45) is 0.494. The fraction of sp³-hybridized carbons (Fsp3) is 0.381. The van der Waals surface area contributed by atoms with Crippen LogP contribution in [0.5, 0.6) is 0 Å². The lowest BCUT2D eigenvalue weighted by molar-refractivity contribution is -0.0594. The summed E-state index contributed by atoms with van der Waals surface area (Å²) in [4.78, 5) is 15.4. The highest BCUT2D eigenvalue weighted by molar-refractivity contribution is 6.31. The highest BCUT2D eigenvalue weighted by atomic mass is 35.5. The van der Waals surface area contributed by atoms with Crippen molar-refractivity contribution in [3.8, 4) is 0 Å². The molecule has 0 amide bonds. The zero-order chi connectivity index (χ0) is 19.1. The van der Waals surface area contributed by atoms with Gasteiger partial charge in [0, 0.05) is 28.7 Å². The SMILES string of the molecule is Cc1cc(C(=O)[C@@H]2CN(C)CC[C@@]2(O)c2ccc(Cl)c(C)c2)ccc1Cl. The molecule has 1 fully saturated rings. The Morgan fingerprint density at radius 2 is 1.73 bits per heavy atom. The third-order valence-electron chi connectivity index (χ3n) is 5.36. The van der Waals surface area contributed by atoms with E-state index in [2.05, 4.69) is 4.90 Å². The van der Waals surface area contributed by atoms with Gasteiger partial charge in [-0.3, -0.25) is 4.79 Å². The van der Waals surface area contributed by atoms with Crippen LogP contribution < -0.4 is 0 Å². The topological polar surface area (TPSA) is 40.5 Å². The van der Waals surface area contributed by atoms with Gasteiger partial charge in [0.1, 0.15) is 5.60 Å². The Hall–Kier alpha value is -1.39. The molecule has 0 saturated carbocycles. The molecule has 1 N–H and O–H groups in total. The Labute approximate surface area is 164 Å². The van der Waals surface area contributed by atoms with Crippen LogP contribution in [0.1, 0.15) is 33.5 Å². The van der Waals surface area contributed by atoms with E-state index in [9.17, 15) is 9.90 Å². The van der Waals surface area contributed by atoms with Crippen LogP contribution in [0.25, 0.3) is 0 Å². The van der Waals surface area contributed by atoms with Crippen molar-refractivity contribution in [3.05, 3.63) is 68.7 Å². The zero-order valence-electron chi connectivity index (χ0n) is 15.2. The molecule has 1 aliphatic rings. The Morgan fingerprint density at radius 3 is 2.35 bits per heavy atom. The van der Waals surface area contributed by atoms with Crippen LogP contribution in [0.4, 0.5) is 0 Å². The van der Waals surface area contributed by atoms with Gasteiger partial charge in [0.15, 0.2) is 5.78 Å². The Balaban J connectivity index is 2.03. The molecule has 1 heterocycles. The summed E-state index contributed by atoms with van der Waals surface area (Å²) in [6.45, 7) is 5.00. The van der Waals surface area contributed by atoms with Gasteiger partial charge in [-0.1, -0.05) is 35.3 Å². The number of aliphatic hydroxyl groups is 1. The van der Waals surface area contributed by atoms with Crippen molar-refractivity contribution < 1.29 is 9.90 Å². The summed E-state index contributed by atoms with van der Waals surface area (Å²) in [6, 6.07) is 10.8. The van der Waals surface area contributed by atoms with Crippen molar-refractivity contribution >= 4 is 29.0 Å². The number of ketones is 1. The molecule has 2 aromatic rings.